The van der Waals surface area contributed by atoms with E-state index in [4.69, 9.17) is 0 Å². The zero-order valence-electron chi connectivity index (χ0n) is 15.6. The van der Waals surface area contributed by atoms with Crippen molar-refractivity contribution in [3.05, 3.63) is 131 Å². The van der Waals surface area contributed by atoms with Crippen LogP contribution in [-0.2, 0) is 5.41 Å². The first-order valence-corrected chi connectivity index (χ1v) is 9.61. The molecule has 2 aromatic rings. The fraction of sp³-hybridized carbons (Fsp3) is 0.111. The van der Waals surface area contributed by atoms with Crippen molar-refractivity contribution in [2.45, 2.75) is 18.8 Å². The molecule has 0 amide bonds. The summed E-state index contributed by atoms with van der Waals surface area (Å²) in [6, 6.07) is 17.7. The van der Waals surface area contributed by atoms with E-state index in [1.165, 1.54) is 44.5 Å². The Morgan fingerprint density at radius 1 is 0.889 bits per heavy atom. The molecule has 2 aromatic carbocycles. The van der Waals surface area contributed by atoms with E-state index in [2.05, 4.69) is 105 Å². The number of hydrogen-bond acceptors (Lipinski definition) is 0. The van der Waals surface area contributed by atoms with Crippen molar-refractivity contribution < 1.29 is 0 Å². The van der Waals surface area contributed by atoms with Crippen LogP contribution in [0, 0.1) is 0 Å². The van der Waals surface area contributed by atoms with E-state index in [0.717, 1.165) is 6.42 Å². The highest BCUT2D eigenvalue weighted by Gasteiger charge is 2.51. The van der Waals surface area contributed by atoms with Gasteiger partial charge in [-0.1, -0.05) is 97.6 Å². The molecule has 0 N–H and O–H groups in total. The Morgan fingerprint density at radius 2 is 1.56 bits per heavy atom. The third-order valence-electron chi connectivity index (χ3n) is 6.01. The second-order valence-electron chi connectivity index (χ2n) is 7.24. The number of allylic oxidation sites excluding steroid dienone is 11. The lowest BCUT2D eigenvalue weighted by Crippen LogP contribution is -2.27. The summed E-state index contributed by atoms with van der Waals surface area (Å²) in [6.45, 7) is 6.34. The van der Waals surface area contributed by atoms with Gasteiger partial charge in [0, 0.05) is 0 Å². The minimum absolute atomic E-state index is 0.274. The molecule has 1 atom stereocenters. The summed E-state index contributed by atoms with van der Waals surface area (Å²) in [5.74, 6) is 0. The Bertz CT molecular complexity index is 1110. The monoisotopic (exact) mass is 346 g/mol. The third-order valence-corrected chi connectivity index (χ3v) is 6.01. The van der Waals surface area contributed by atoms with Crippen LogP contribution < -0.4 is 0 Å². The molecule has 27 heavy (non-hydrogen) atoms. The number of hydrogen-bond donors (Lipinski definition) is 0. The molecule has 0 radical (unpaired) electrons. The molecule has 0 aliphatic heterocycles. The van der Waals surface area contributed by atoms with Crippen molar-refractivity contribution >= 4 is 11.1 Å². The van der Waals surface area contributed by atoms with Gasteiger partial charge >= 0.3 is 0 Å². The van der Waals surface area contributed by atoms with Crippen LogP contribution in [0.2, 0.25) is 0 Å². The predicted molar refractivity (Wildman–Crippen MR) is 115 cm³/mol. The van der Waals surface area contributed by atoms with Gasteiger partial charge in [0.15, 0.2) is 0 Å². The lowest BCUT2D eigenvalue weighted by atomic mass is 9.68. The van der Waals surface area contributed by atoms with Gasteiger partial charge in [0.25, 0.3) is 0 Å². The lowest BCUT2D eigenvalue weighted by molar-refractivity contribution is 0.779. The first kappa shape index (κ1) is 16.1. The molecule has 0 heteroatoms. The van der Waals surface area contributed by atoms with Crippen molar-refractivity contribution in [1.82, 2.24) is 0 Å². The van der Waals surface area contributed by atoms with Crippen molar-refractivity contribution in [2.75, 3.05) is 0 Å². The minimum Gasteiger partial charge on any atom is -0.0987 e. The van der Waals surface area contributed by atoms with E-state index in [9.17, 15) is 0 Å². The van der Waals surface area contributed by atoms with Gasteiger partial charge < -0.3 is 0 Å². The topological polar surface area (TPSA) is 0 Å². The molecule has 0 saturated carbocycles. The predicted octanol–water partition coefficient (Wildman–Crippen LogP) is 6.79. The van der Waals surface area contributed by atoms with Gasteiger partial charge in [0.2, 0.25) is 0 Å². The maximum absolute atomic E-state index is 4.25. The zero-order valence-corrected chi connectivity index (χ0v) is 15.6. The quantitative estimate of drug-likeness (QED) is 0.562. The number of benzene rings is 2. The van der Waals surface area contributed by atoms with Gasteiger partial charge in [-0.3, -0.25) is 0 Å². The second-order valence-corrected chi connectivity index (χ2v) is 7.24. The zero-order chi connectivity index (χ0) is 18.4. The van der Waals surface area contributed by atoms with Crippen LogP contribution in [0.15, 0.2) is 109 Å². The first-order valence-electron chi connectivity index (χ1n) is 9.61. The molecule has 0 nitrogen and oxygen atoms in total. The molecule has 0 saturated heterocycles. The van der Waals surface area contributed by atoms with Gasteiger partial charge in [-0.25, -0.2) is 0 Å². The van der Waals surface area contributed by atoms with Gasteiger partial charge in [-0.2, -0.15) is 0 Å². The highest BCUT2D eigenvalue weighted by atomic mass is 14.5. The van der Waals surface area contributed by atoms with Crippen molar-refractivity contribution in [3.63, 3.8) is 0 Å². The van der Waals surface area contributed by atoms with Crippen molar-refractivity contribution in [1.29, 1.82) is 0 Å². The Balaban J connectivity index is 2.00. The van der Waals surface area contributed by atoms with E-state index in [0.29, 0.717) is 0 Å². The maximum atomic E-state index is 4.25. The Labute approximate surface area is 161 Å². The highest BCUT2D eigenvalue weighted by molar-refractivity contribution is 6.00. The molecule has 3 aliphatic carbocycles. The van der Waals surface area contributed by atoms with E-state index >= 15 is 0 Å². The largest absolute Gasteiger partial charge is 0.0987 e. The average Bonchev–Trinajstić information content (AvgIpc) is 2.99. The summed E-state index contributed by atoms with van der Waals surface area (Å²) in [5.41, 5.74) is 10.4. The fourth-order valence-corrected chi connectivity index (χ4v) is 5.11. The summed E-state index contributed by atoms with van der Waals surface area (Å²) in [7, 11) is 0. The van der Waals surface area contributed by atoms with Crippen molar-refractivity contribution in [3.8, 4) is 0 Å². The van der Waals surface area contributed by atoms with Gasteiger partial charge in [-0.15, -0.1) is 0 Å². The van der Waals surface area contributed by atoms with Crippen LogP contribution in [0.25, 0.3) is 11.1 Å². The Morgan fingerprint density at radius 3 is 2.30 bits per heavy atom. The molecule has 3 aliphatic rings. The summed E-state index contributed by atoms with van der Waals surface area (Å²) >= 11 is 0. The summed E-state index contributed by atoms with van der Waals surface area (Å²) in [5, 5.41) is 0. The van der Waals surface area contributed by atoms with Gasteiger partial charge in [-0.05, 0) is 57.9 Å². The molecule has 130 valence electrons. The highest BCUT2D eigenvalue weighted by Crippen LogP contribution is 2.61. The number of fused-ring (bicyclic) bond motifs is 6. The van der Waals surface area contributed by atoms with Crippen LogP contribution in [0.3, 0.4) is 0 Å². The average molecular weight is 346 g/mol. The van der Waals surface area contributed by atoms with E-state index in [1.807, 2.05) is 0 Å². The van der Waals surface area contributed by atoms with Crippen molar-refractivity contribution in [2.24, 2.45) is 0 Å². The standard InChI is InChI=1S/C27H22/c1-3-12-19-20-14-8-10-17-25(20)27(23(19)4-2)24-16-7-5-6-13-21(24)22-15-9-11-18-26(22)27/h3-4,6-18H,2,5H2,1H3/b12-3-. The molecule has 0 aromatic heterocycles. The van der Waals surface area contributed by atoms with Gasteiger partial charge in [0.1, 0.15) is 0 Å². The lowest BCUT2D eigenvalue weighted by Gasteiger charge is -2.32. The summed E-state index contributed by atoms with van der Waals surface area (Å²) < 4.78 is 0. The van der Waals surface area contributed by atoms with E-state index in [-0.39, 0.29) is 5.41 Å². The molecular weight excluding hydrogens is 324 g/mol. The second kappa shape index (κ2) is 5.96. The van der Waals surface area contributed by atoms with Crippen LogP contribution in [0.5, 0.6) is 0 Å². The van der Waals surface area contributed by atoms with Crippen LogP contribution in [-0.4, -0.2) is 0 Å². The van der Waals surface area contributed by atoms with E-state index in [1.54, 1.807) is 0 Å². The maximum Gasteiger partial charge on any atom is 0.0725 e. The molecular formula is C27H22. The van der Waals surface area contributed by atoms with E-state index < -0.39 is 0 Å². The minimum atomic E-state index is -0.274. The summed E-state index contributed by atoms with van der Waals surface area (Å²) in [4.78, 5) is 0. The van der Waals surface area contributed by atoms with Gasteiger partial charge in [0.05, 0.1) is 5.41 Å². The SMILES string of the molecule is C=CC1=C(/C=C\C)c2ccccc2C12C1=C(C=CCC=C1)c1ccccc12. The Kier molecular flexibility index (Phi) is 3.55. The smallest absolute Gasteiger partial charge is 0.0725 e. The Hall–Kier alpha value is -3.12. The molecule has 1 unspecified atom stereocenters. The summed E-state index contributed by atoms with van der Waals surface area (Å²) in [6.07, 6.45) is 16.6. The fourth-order valence-electron chi connectivity index (χ4n) is 5.11. The molecule has 5 rings (SSSR count). The van der Waals surface area contributed by atoms with Crippen LogP contribution >= 0.6 is 0 Å². The third kappa shape index (κ3) is 1.93. The van der Waals surface area contributed by atoms with Crippen LogP contribution in [0.4, 0.5) is 0 Å². The number of rotatable bonds is 2. The molecule has 0 heterocycles. The molecule has 1 spiro atoms. The normalized spacial score (nSPS) is 22.4. The molecule has 0 bridgehead atoms. The molecule has 0 fully saturated rings. The van der Waals surface area contributed by atoms with Crippen LogP contribution in [0.1, 0.15) is 35.6 Å². The first-order chi connectivity index (χ1) is 13.3.